The van der Waals surface area contributed by atoms with Crippen LogP contribution in [0.25, 0.3) is 0 Å². The van der Waals surface area contributed by atoms with Crippen molar-refractivity contribution in [2.75, 3.05) is 26.0 Å². The van der Waals surface area contributed by atoms with E-state index in [1.165, 1.54) is 6.42 Å². The van der Waals surface area contributed by atoms with E-state index >= 15 is 0 Å². The molecule has 18 heavy (non-hydrogen) atoms. The second-order valence-electron chi connectivity index (χ2n) is 5.61. The number of hydrogen-bond donors (Lipinski definition) is 1. The van der Waals surface area contributed by atoms with Crippen molar-refractivity contribution >= 4 is 9.84 Å². The molecule has 0 bridgehead atoms. The van der Waals surface area contributed by atoms with Crippen LogP contribution >= 0.6 is 0 Å². The van der Waals surface area contributed by atoms with E-state index in [0.717, 1.165) is 38.7 Å². The fraction of sp³-hybridized carbons (Fsp3) is 1.00. The van der Waals surface area contributed by atoms with Crippen molar-refractivity contribution < 1.29 is 13.2 Å². The molecule has 0 amide bonds. The molecule has 2 fully saturated rings. The molecule has 106 valence electrons. The van der Waals surface area contributed by atoms with Gasteiger partial charge in [0.1, 0.15) is 0 Å². The van der Waals surface area contributed by atoms with Crippen molar-refractivity contribution in [3.63, 3.8) is 0 Å². The lowest BCUT2D eigenvalue weighted by Gasteiger charge is -2.27. The standard InChI is InChI=1S/C13H25NO3S/c1-14-13(11-7-8-17-9-11)10-18(15,16)12-5-3-2-4-6-12/h11-14H,2-10H2,1H3. The Morgan fingerprint density at radius 1 is 1.22 bits per heavy atom. The summed E-state index contributed by atoms with van der Waals surface area (Å²) in [5.74, 6) is 0.635. The van der Waals surface area contributed by atoms with Gasteiger partial charge in [0, 0.05) is 18.6 Å². The summed E-state index contributed by atoms with van der Waals surface area (Å²) < 4.78 is 30.2. The Hall–Kier alpha value is -0.130. The average Bonchev–Trinajstić information content (AvgIpc) is 2.91. The smallest absolute Gasteiger partial charge is 0.154 e. The van der Waals surface area contributed by atoms with Gasteiger partial charge in [-0.05, 0) is 26.3 Å². The number of nitrogens with one attached hydrogen (secondary N) is 1. The summed E-state index contributed by atoms with van der Waals surface area (Å²) in [6.07, 6.45) is 6.03. The van der Waals surface area contributed by atoms with Crippen LogP contribution in [0.3, 0.4) is 0 Å². The van der Waals surface area contributed by atoms with Crippen molar-refractivity contribution in [2.45, 2.75) is 49.8 Å². The SMILES string of the molecule is CNC(CS(=O)(=O)C1CCCCC1)C1CCOC1. The highest BCUT2D eigenvalue weighted by Gasteiger charge is 2.33. The molecule has 0 spiro atoms. The van der Waals surface area contributed by atoms with Gasteiger partial charge in [-0.25, -0.2) is 8.42 Å². The summed E-state index contributed by atoms with van der Waals surface area (Å²) in [4.78, 5) is 0. The molecular weight excluding hydrogens is 250 g/mol. The van der Waals surface area contributed by atoms with Crippen LogP contribution in [-0.4, -0.2) is 45.7 Å². The summed E-state index contributed by atoms with van der Waals surface area (Å²) in [6, 6.07) is 0.0550. The van der Waals surface area contributed by atoms with E-state index in [2.05, 4.69) is 5.32 Å². The zero-order valence-electron chi connectivity index (χ0n) is 11.2. The van der Waals surface area contributed by atoms with E-state index in [0.29, 0.717) is 12.5 Å². The molecule has 2 atom stereocenters. The van der Waals surface area contributed by atoms with Crippen molar-refractivity contribution in [3.05, 3.63) is 0 Å². The average molecular weight is 275 g/mol. The van der Waals surface area contributed by atoms with Gasteiger partial charge in [0.05, 0.1) is 17.6 Å². The van der Waals surface area contributed by atoms with Gasteiger partial charge in [0.15, 0.2) is 9.84 Å². The number of sulfone groups is 1. The Morgan fingerprint density at radius 2 is 1.94 bits per heavy atom. The third kappa shape index (κ3) is 3.45. The first-order valence-electron chi connectivity index (χ1n) is 7.10. The second-order valence-corrected chi connectivity index (χ2v) is 7.93. The topological polar surface area (TPSA) is 55.4 Å². The van der Waals surface area contributed by atoms with E-state index in [4.69, 9.17) is 4.74 Å². The van der Waals surface area contributed by atoms with Crippen LogP contribution in [0, 0.1) is 5.92 Å². The molecule has 1 saturated carbocycles. The monoisotopic (exact) mass is 275 g/mol. The first-order valence-corrected chi connectivity index (χ1v) is 8.81. The maximum absolute atomic E-state index is 12.4. The number of hydrogen-bond acceptors (Lipinski definition) is 4. The molecule has 0 radical (unpaired) electrons. The maximum atomic E-state index is 12.4. The molecule has 2 rings (SSSR count). The van der Waals surface area contributed by atoms with Crippen molar-refractivity contribution in [1.29, 1.82) is 0 Å². The van der Waals surface area contributed by atoms with Crippen LogP contribution in [0.15, 0.2) is 0 Å². The van der Waals surface area contributed by atoms with E-state index in [9.17, 15) is 8.42 Å². The zero-order valence-corrected chi connectivity index (χ0v) is 12.0. The van der Waals surface area contributed by atoms with Crippen LogP contribution < -0.4 is 5.32 Å². The molecule has 1 saturated heterocycles. The van der Waals surface area contributed by atoms with E-state index in [1.54, 1.807) is 0 Å². The van der Waals surface area contributed by atoms with Crippen LogP contribution in [0.4, 0.5) is 0 Å². The highest BCUT2D eigenvalue weighted by Crippen LogP contribution is 2.26. The van der Waals surface area contributed by atoms with Crippen LogP contribution in [-0.2, 0) is 14.6 Å². The van der Waals surface area contributed by atoms with Gasteiger partial charge in [0.2, 0.25) is 0 Å². The molecule has 1 aliphatic heterocycles. The van der Waals surface area contributed by atoms with Crippen molar-refractivity contribution in [2.24, 2.45) is 5.92 Å². The quantitative estimate of drug-likeness (QED) is 0.823. The van der Waals surface area contributed by atoms with Gasteiger partial charge in [-0.2, -0.15) is 0 Å². The Labute approximate surface area is 110 Å². The highest BCUT2D eigenvalue weighted by molar-refractivity contribution is 7.92. The Morgan fingerprint density at radius 3 is 2.50 bits per heavy atom. The molecule has 4 nitrogen and oxygen atoms in total. The largest absolute Gasteiger partial charge is 0.381 e. The molecule has 0 aromatic carbocycles. The minimum Gasteiger partial charge on any atom is -0.381 e. The van der Waals surface area contributed by atoms with E-state index in [1.807, 2.05) is 7.05 Å². The van der Waals surface area contributed by atoms with Crippen molar-refractivity contribution in [3.8, 4) is 0 Å². The molecule has 5 heteroatoms. The Balaban J connectivity index is 1.96. The minimum atomic E-state index is -2.95. The Kier molecular flexibility index (Phi) is 5.04. The van der Waals surface area contributed by atoms with E-state index in [-0.39, 0.29) is 17.0 Å². The molecule has 1 N–H and O–H groups in total. The molecule has 0 aromatic rings. The molecule has 0 aromatic heterocycles. The third-order valence-electron chi connectivity index (χ3n) is 4.38. The van der Waals surface area contributed by atoms with Crippen LogP contribution in [0.1, 0.15) is 38.5 Å². The van der Waals surface area contributed by atoms with Gasteiger partial charge in [-0.3, -0.25) is 0 Å². The minimum absolute atomic E-state index is 0.0550. The molecule has 1 aliphatic carbocycles. The summed E-state index contributed by atoms with van der Waals surface area (Å²) in [7, 11) is -1.09. The first kappa shape index (κ1) is 14.3. The van der Waals surface area contributed by atoms with Gasteiger partial charge in [-0.15, -0.1) is 0 Å². The lowest BCUT2D eigenvalue weighted by molar-refractivity contribution is 0.179. The van der Waals surface area contributed by atoms with Crippen LogP contribution in [0.2, 0.25) is 0 Å². The van der Waals surface area contributed by atoms with Gasteiger partial charge in [-0.1, -0.05) is 19.3 Å². The summed E-state index contributed by atoms with van der Waals surface area (Å²) >= 11 is 0. The van der Waals surface area contributed by atoms with Crippen molar-refractivity contribution in [1.82, 2.24) is 5.32 Å². The molecule has 1 heterocycles. The lowest BCUT2D eigenvalue weighted by atomic mass is 10.0. The fourth-order valence-corrected chi connectivity index (χ4v) is 5.40. The molecular formula is C13H25NO3S. The first-order chi connectivity index (χ1) is 8.63. The molecule has 2 unspecified atom stereocenters. The second kappa shape index (κ2) is 6.35. The summed E-state index contributed by atoms with van der Waals surface area (Å²) in [6.45, 7) is 1.47. The normalized spacial score (nSPS) is 28.4. The van der Waals surface area contributed by atoms with Gasteiger partial charge < -0.3 is 10.1 Å². The number of rotatable bonds is 5. The number of ether oxygens (including phenoxy) is 1. The van der Waals surface area contributed by atoms with Crippen LogP contribution in [0.5, 0.6) is 0 Å². The lowest BCUT2D eigenvalue weighted by Crippen LogP contribution is -2.42. The predicted octanol–water partition coefficient (Wildman–Crippen LogP) is 1.36. The van der Waals surface area contributed by atoms with Gasteiger partial charge in [0.25, 0.3) is 0 Å². The summed E-state index contributed by atoms with van der Waals surface area (Å²) in [5, 5.41) is 3.09. The molecule has 2 aliphatic rings. The maximum Gasteiger partial charge on any atom is 0.154 e. The third-order valence-corrected chi connectivity index (χ3v) is 6.69. The van der Waals surface area contributed by atoms with E-state index < -0.39 is 9.84 Å². The zero-order chi connectivity index (χ0) is 13.0. The Bertz CT molecular complexity index is 343. The fourth-order valence-electron chi connectivity index (χ4n) is 3.14. The van der Waals surface area contributed by atoms with Gasteiger partial charge >= 0.3 is 0 Å². The summed E-state index contributed by atoms with van der Waals surface area (Å²) in [5.41, 5.74) is 0. The highest BCUT2D eigenvalue weighted by atomic mass is 32.2. The predicted molar refractivity (Wildman–Crippen MR) is 72.4 cm³/mol.